The minimum Gasteiger partial charge on any atom is -0.466 e. The Balaban J connectivity index is 2.67. The second-order valence-electron chi connectivity index (χ2n) is 6.06. The molecule has 0 bridgehead atoms. The third kappa shape index (κ3) is 4.73. The van der Waals surface area contributed by atoms with Gasteiger partial charge < -0.3 is 25.3 Å². The molecule has 1 aliphatic heterocycles. The standard InChI is InChI=1S/C20H25ClN2O5/c1-4-28-20(25)18-15(11-27-10-9-22)23-12(2)16(19(24)26-3)17(18)13-7-5-6-8-14(13)21/h5-8,17,23H,4,9-11,22H2,1-3H3/i5+1,6+1,7+1,8+1,13+1,14+1. The number of esters is 2. The predicted molar refractivity (Wildman–Crippen MR) is 106 cm³/mol. The summed E-state index contributed by atoms with van der Waals surface area (Å²) in [6, 6.07) is 7.05. The first-order valence-corrected chi connectivity index (χ1v) is 9.32. The van der Waals surface area contributed by atoms with E-state index in [9.17, 15) is 9.59 Å². The Kier molecular flexibility index (Phi) is 8.04. The maximum atomic E-state index is 12.9. The maximum Gasteiger partial charge on any atom is 0.336 e. The van der Waals surface area contributed by atoms with Crippen molar-refractivity contribution < 1.29 is 23.8 Å². The molecule has 28 heavy (non-hydrogen) atoms. The lowest BCUT2D eigenvalue weighted by molar-refractivity contribution is -0.139. The van der Waals surface area contributed by atoms with Crippen LogP contribution in [0.3, 0.4) is 0 Å². The summed E-state index contributed by atoms with van der Waals surface area (Å²) in [5.41, 5.74) is 7.70. The highest BCUT2D eigenvalue weighted by atomic mass is 35.5. The SMILES string of the molecule is CCOC(=O)C1=C(COCCN)NC(C)=C(C(=O)OC)C1[13c]1[13cH][13cH][13cH][13cH][13c]1Cl. The van der Waals surface area contributed by atoms with Crippen LogP contribution in [0.2, 0.25) is 5.02 Å². The minimum atomic E-state index is -0.752. The van der Waals surface area contributed by atoms with Gasteiger partial charge in [0.2, 0.25) is 0 Å². The average molecular weight is 415 g/mol. The van der Waals surface area contributed by atoms with Crippen LogP contribution in [0, 0.1) is 0 Å². The summed E-state index contributed by atoms with van der Waals surface area (Å²) >= 11 is 6.42. The highest BCUT2D eigenvalue weighted by molar-refractivity contribution is 6.31. The fraction of sp³-hybridized carbons (Fsp3) is 0.400. The van der Waals surface area contributed by atoms with E-state index in [0.29, 0.717) is 40.7 Å². The lowest BCUT2D eigenvalue weighted by atomic mass is 9.89. The number of carbonyl (C=O) groups excluding carboxylic acids is 2. The van der Waals surface area contributed by atoms with Gasteiger partial charge in [0.1, 0.15) is 0 Å². The van der Waals surface area contributed by atoms with Crippen molar-refractivity contribution in [3.8, 4) is 0 Å². The Labute approximate surface area is 169 Å². The fourth-order valence-electron chi connectivity index (χ4n) is 3.12. The van der Waals surface area contributed by atoms with Gasteiger partial charge in [-0.25, -0.2) is 9.59 Å². The zero-order valence-electron chi connectivity index (χ0n) is 16.2. The molecule has 0 spiro atoms. The molecule has 0 radical (unpaired) electrons. The van der Waals surface area contributed by atoms with E-state index in [1.165, 1.54) is 7.11 Å². The van der Waals surface area contributed by atoms with Gasteiger partial charge in [0, 0.05) is 17.3 Å². The Morgan fingerprint density at radius 1 is 1.21 bits per heavy atom. The molecule has 0 aromatic heterocycles. The molecule has 1 atom stereocenters. The van der Waals surface area contributed by atoms with Crippen molar-refractivity contribution in [2.24, 2.45) is 5.73 Å². The predicted octanol–water partition coefficient (Wildman–Crippen LogP) is 2.27. The van der Waals surface area contributed by atoms with E-state index in [4.69, 9.17) is 31.5 Å². The Bertz CT molecular complexity index is 804. The molecule has 1 heterocycles. The molecule has 2 rings (SSSR count). The van der Waals surface area contributed by atoms with Gasteiger partial charge in [-0.2, -0.15) is 0 Å². The largest absolute Gasteiger partial charge is 0.466 e. The lowest BCUT2D eigenvalue weighted by Crippen LogP contribution is -2.35. The number of nitrogens with one attached hydrogen (secondary N) is 1. The second-order valence-corrected chi connectivity index (χ2v) is 6.47. The van der Waals surface area contributed by atoms with Gasteiger partial charge in [-0.15, -0.1) is 0 Å². The van der Waals surface area contributed by atoms with Crippen molar-refractivity contribution in [1.82, 2.24) is 5.32 Å². The number of ether oxygens (including phenoxy) is 3. The van der Waals surface area contributed by atoms with Crippen LogP contribution in [0.4, 0.5) is 0 Å². The monoisotopic (exact) mass is 414 g/mol. The van der Waals surface area contributed by atoms with E-state index in [0.717, 1.165) is 0 Å². The van der Waals surface area contributed by atoms with E-state index in [-0.39, 0.29) is 18.8 Å². The molecule has 0 amide bonds. The lowest BCUT2D eigenvalue weighted by Gasteiger charge is -2.31. The van der Waals surface area contributed by atoms with Crippen LogP contribution in [-0.2, 0) is 23.8 Å². The highest BCUT2D eigenvalue weighted by Crippen LogP contribution is 2.41. The second kappa shape index (κ2) is 10.3. The molecular formula is C20H25ClN2O5. The van der Waals surface area contributed by atoms with Crippen molar-refractivity contribution in [2.45, 2.75) is 19.8 Å². The first kappa shape index (κ1) is 21.9. The number of methoxy groups -OCH3 is 1. The summed E-state index contributed by atoms with van der Waals surface area (Å²) in [6.07, 6.45) is 0. The highest BCUT2D eigenvalue weighted by Gasteiger charge is 2.39. The van der Waals surface area contributed by atoms with E-state index >= 15 is 0 Å². The number of halogens is 1. The molecule has 152 valence electrons. The van der Waals surface area contributed by atoms with E-state index in [2.05, 4.69) is 5.32 Å². The quantitative estimate of drug-likeness (QED) is 0.497. The molecule has 0 fully saturated rings. The molecule has 1 unspecified atom stereocenters. The first-order chi connectivity index (χ1) is 13.5. The molecule has 3 N–H and O–H groups in total. The molecule has 0 saturated carbocycles. The first-order valence-electron chi connectivity index (χ1n) is 8.94. The number of allylic oxidation sites excluding steroid dienone is 1. The van der Waals surface area contributed by atoms with Gasteiger partial charge in [0.25, 0.3) is 0 Å². The van der Waals surface area contributed by atoms with Gasteiger partial charge in [-0.05, 0) is 25.5 Å². The van der Waals surface area contributed by atoms with Crippen molar-refractivity contribution in [2.75, 3.05) is 33.5 Å². The number of rotatable bonds is 8. The number of carbonyl (C=O) groups is 2. The van der Waals surface area contributed by atoms with Gasteiger partial charge in [-0.3, -0.25) is 0 Å². The normalized spacial score (nSPS) is 16.7. The smallest absolute Gasteiger partial charge is 0.336 e. The maximum absolute atomic E-state index is 12.9. The van der Waals surface area contributed by atoms with Crippen molar-refractivity contribution in [1.29, 1.82) is 0 Å². The zero-order chi connectivity index (χ0) is 20.7. The van der Waals surface area contributed by atoms with Crippen molar-refractivity contribution in [3.63, 3.8) is 0 Å². The minimum absolute atomic E-state index is 0.109. The molecule has 7 nitrogen and oxygen atoms in total. The summed E-state index contributed by atoms with van der Waals surface area (Å²) < 4.78 is 15.8. The summed E-state index contributed by atoms with van der Waals surface area (Å²) in [7, 11) is 1.29. The third-order valence-electron chi connectivity index (χ3n) is 4.27. The molecule has 1 aromatic rings. The van der Waals surface area contributed by atoms with Crippen LogP contribution < -0.4 is 11.1 Å². The third-order valence-corrected chi connectivity index (χ3v) is 4.61. The van der Waals surface area contributed by atoms with Crippen LogP contribution in [0.5, 0.6) is 0 Å². The molecule has 8 heteroatoms. The molecule has 0 aliphatic carbocycles. The van der Waals surface area contributed by atoms with E-state index in [1.54, 1.807) is 38.1 Å². The van der Waals surface area contributed by atoms with Crippen LogP contribution in [0.15, 0.2) is 46.8 Å². The van der Waals surface area contributed by atoms with E-state index < -0.39 is 17.9 Å². The molecule has 1 aliphatic rings. The van der Waals surface area contributed by atoms with Gasteiger partial charge >= 0.3 is 11.9 Å². The Hall–Kier alpha value is -2.35. The molecule has 1 aromatic carbocycles. The number of benzene rings is 1. The van der Waals surface area contributed by atoms with Crippen LogP contribution >= 0.6 is 11.6 Å². The van der Waals surface area contributed by atoms with Gasteiger partial charge in [0.05, 0.1) is 49.7 Å². The summed E-state index contributed by atoms with van der Waals surface area (Å²) in [5.74, 6) is -1.86. The van der Waals surface area contributed by atoms with Gasteiger partial charge in [-0.1, -0.05) is 29.8 Å². The number of nitrogens with two attached hydrogens (primary N) is 1. The van der Waals surface area contributed by atoms with Crippen molar-refractivity contribution >= 4 is 23.5 Å². The van der Waals surface area contributed by atoms with E-state index in [1.807, 2.05) is 0 Å². The summed E-state index contributed by atoms with van der Waals surface area (Å²) in [5, 5.41) is 3.52. The number of dihydropyridines is 1. The molecule has 0 saturated heterocycles. The van der Waals surface area contributed by atoms with Gasteiger partial charge in [0.15, 0.2) is 0 Å². The summed E-state index contributed by atoms with van der Waals surface area (Å²) in [4.78, 5) is 25.5. The topological polar surface area (TPSA) is 99.9 Å². The average Bonchev–Trinajstić information content (AvgIpc) is 2.67. The number of hydrogen-bond donors (Lipinski definition) is 2. The zero-order valence-corrected chi connectivity index (χ0v) is 17.0. The van der Waals surface area contributed by atoms with Crippen LogP contribution in [-0.4, -0.2) is 45.4 Å². The molecular weight excluding hydrogens is 390 g/mol. The van der Waals surface area contributed by atoms with Crippen molar-refractivity contribution in [3.05, 3.63) is 57.4 Å². The van der Waals surface area contributed by atoms with Crippen LogP contribution in [0.1, 0.15) is 25.3 Å². The Morgan fingerprint density at radius 3 is 2.54 bits per heavy atom. The summed E-state index contributed by atoms with van der Waals surface area (Å²) in [6.45, 7) is 4.42. The fourth-order valence-corrected chi connectivity index (χ4v) is 3.36. The van der Waals surface area contributed by atoms with Crippen LogP contribution in [0.25, 0.3) is 0 Å². The Morgan fingerprint density at radius 2 is 1.93 bits per heavy atom. The number of hydrogen-bond acceptors (Lipinski definition) is 7.